The molecule has 2 aromatic heterocycles. The van der Waals surface area contributed by atoms with E-state index in [1.165, 1.54) is 0 Å². The largest absolute Gasteiger partial charge is 0.340 e. The molecule has 7 heteroatoms. The van der Waals surface area contributed by atoms with E-state index in [9.17, 15) is 9.59 Å². The summed E-state index contributed by atoms with van der Waals surface area (Å²) >= 11 is 0. The van der Waals surface area contributed by atoms with Crippen molar-refractivity contribution in [3.05, 3.63) is 53.9 Å². The monoisotopic (exact) mass is 365 g/mol. The maximum Gasteiger partial charge on any atom is 0.252 e. The van der Waals surface area contributed by atoms with Crippen molar-refractivity contribution >= 4 is 28.5 Å². The highest BCUT2D eigenvalue weighted by Gasteiger charge is 2.24. The van der Waals surface area contributed by atoms with Crippen molar-refractivity contribution in [3.63, 3.8) is 0 Å². The van der Waals surface area contributed by atoms with Gasteiger partial charge in [0.25, 0.3) is 5.91 Å². The lowest BCUT2D eigenvalue weighted by molar-refractivity contribution is -0.118. The van der Waals surface area contributed by atoms with Gasteiger partial charge in [0, 0.05) is 17.1 Å². The van der Waals surface area contributed by atoms with Crippen LogP contribution in [-0.4, -0.2) is 33.0 Å². The Labute approximate surface area is 157 Å². The number of anilines is 1. The van der Waals surface area contributed by atoms with Gasteiger partial charge in [-0.2, -0.15) is 5.10 Å². The number of aromatic amines is 1. The topological polar surface area (TPSA) is 99.8 Å². The minimum Gasteiger partial charge on any atom is -0.340 e. The fraction of sp³-hybridized carbons (Fsp3) is 0.300. The Morgan fingerprint density at radius 3 is 2.67 bits per heavy atom. The van der Waals surface area contributed by atoms with Crippen LogP contribution in [0.4, 0.5) is 5.82 Å². The second-order valence-electron chi connectivity index (χ2n) is 6.94. The number of nitrogens with zero attached hydrogens (tertiary/aromatic N) is 2. The Balaban J connectivity index is 1.85. The highest BCUT2D eigenvalue weighted by atomic mass is 16.2. The summed E-state index contributed by atoms with van der Waals surface area (Å²) in [5, 5.41) is 12.9. The fourth-order valence-corrected chi connectivity index (χ4v) is 2.98. The number of rotatable bonds is 6. The molecule has 0 fully saturated rings. The molecule has 3 N–H and O–H groups in total. The Kier molecular flexibility index (Phi) is 5.49. The molecule has 1 unspecified atom stereocenters. The van der Waals surface area contributed by atoms with Gasteiger partial charge in [0.1, 0.15) is 11.9 Å². The summed E-state index contributed by atoms with van der Waals surface area (Å²) in [6.07, 6.45) is 2.07. The van der Waals surface area contributed by atoms with E-state index in [2.05, 4.69) is 25.8 Å². The Morgan fingerprint density at radius 1 is 1.19 bits per heavy atom. The van der Waals surface area contributed by atoms with E-state index in [1.807, 2.05) is 45.0 Å². The Hall–Kier alpha value is -3.22. The molecule has 1 aromatic carbocycles. The van der Waals surface area contributed by atoms with Gasteiger partial charge in [0.05, 0.1) is 17.3 Å². The molecule has 0 spiro atoms. The molecule has 0 aliphatic carbocycles. The van der Waals surface area contributed by atoms with Crippen LogP contribution in [0, 0.1) is 12.8 Å². The molecule has 7 nitrogen and oxygen atoms in total. The van der Waals surface area contributed by atoms with Crippen molar-refractivity contribution in [2.24, 2.45) is 5.92 Å². The summed E-state index contributed by atoms with van der Waals surface area (Å²) in [6, 6.07) is 10.2. The van der Waals surface area contributed by atoms with Crippen LogP contribution >= 0.6 is 0 Å². The number of H-pyrrole nitrogens is 1. The van der Waals surface area contributed by atoms with Gasteiger partial charge in [-0.05, 0) is 31.4 Å². The second kappa shape index (κ2) is 7.99. The van der Waals surface area contributed by atoms with Crippen molar-refractivity contribution in [1.82, 2.24) is 20.5 Å². The van der Waals surface area contributed by atoms with Gasteiger partial charge in [-0.25, -0.2) is 0 Å². The van der Waals surface area contributed by atoms with E-state index >= 15 is 0 Å². The molecule has 1 atom stereocenters. The lowest BCUT2D eigenvalue weighted by Gasteiger charge is -2.20. The normalized spacial score (nSPS) is 12.1. The maximum atomic E-state index is 13.0. The Morgan fingerprint density at radius 2 is 1.96 bits per heavy atom. The molecule has 3 rings (SSSR count). The minimum absolute atomic E-state index is 0.235. The predicted molar refractivity (Wildman–Crippen MR) is 104 cm³/mol. The summed E-state index contributed by atoms with van der Waals surface area (Å²) in [7, 11) is 0. The summed E-state index contributed by atoms with van der Waals surface area (Å²) in [5.41, 5.74) is 2.02. The van der Waals surface area contributed by atoms with Crippen molar-refractivity contribution in [2.45, 2.75) is 33.2 Å². The van der Waals surface area contributed by atoms with Crippen molar-refractivity contribution in [1.29, 1.82) is 0 Å². The first-order valence-corrected chi connectivity index (χ1v) is 8.91. The van der Waals surface area contributed by atoms with Crippen LogP contribution in [-0.2, 0) is 4.79 Å². The third-order valence-electron chi connectivity index (χ3n) is 4.18. The van der Waals surface area contributed by atoms with Crippen molar-refractivity contribution < 1.29 is 9.59 Å². The molecule has 2 amide bonds. The van der Waals surface area contributed by atoms with Gasteiger partial charge < -0.3 is 10.6 Å². The standard InChI is InChI=1S/C20H23N5O2/c1-12(2)10-17(20(27)24-18-8-9-21-25-18)23-19(26)15-11-13(3)22-16-7-5-4-6-14(15)16/h4-9,11-12,17H,10H2,1-3H3,(H,23,26)(H2,21,24,25,27). The number of pyridine rings is 1. The van der Waals surface area contributed by atoms with Gasteiger partial charge in [-0.3, -0.25) is 19.7 Å². The number of benzene rings is 1. The maximum absolute atomic E-state index is 13.0. The number of carbonyl (C=O) groups excluding carboxylic acids is 2. The number of carbonyl (C=O) groups is 2. The molecule has 140 valence electrons. The second-order valence-corrected chi connectivity index (χ2v) is 6.94. The first kappa shape index (κ1) is 18.6. The molecule has 27 heavy (non-hydrogen) atoms. The number of para-hydroxylation sites is 1. The summed E-state index contributed by atoms with van der Waals surface area (Å²) < 4.78 is 0. The number of fused-ring (bicyclic) bond motifs is 1. The number of hydrogen-bond acceptors (Lipinski definition) is 4. The molecule has 0 saturated heterocycles. The first-order valence-electron chi connectivity index (χ1n) is 8.91. The van der Waals surface area contributed by atoms with Crippen LogP contribution < -0.4 is 10.6 Å². The Bertz CT molecular complexity index is 950. The van der Waals surface area contributed by atoms with Gasteiger partial charge in [0.15, 0.2) is 0 Å². The highest BCUT2D eigenvalue weighted by molar-refractivity contribution is 6.08. The third kappa shape index (κ3) is 4.49. The smallest absolute Gasteiger partial charge is 0.252 e. The summed E-state index contributed by atoms with van der Waals surface area (Å²) in [5.74, 6) is 0.158. The SMILES string of the molecule is Cc1cc(C(=O)NC(CC(C)C)C(=O)Nc2ccn[nH]2)c2ccccc2n1. The van der Waals surface area contributed by atoms with E-state index in [4.69, 9.17) is 0 Å². The molecular weight excluding hydrogens is 342 g/mol. The van der Waals surface area contributed by atoms with E-state index in [1.54, 1.807) is 18.3 Å². The lowest BCUT2D eigenvalue weighted by Crippen LogP contribution is -2.44. The van der Waals surface area contributed by atoms with Crippen LogP contribution in [0.15, 0.2) is 42.6 Å². The molecule has 2 heterocycles. The van der Waals surface area contributed by atoms with E-state index in [0.717, 1.165) is 16.6 Å². The van der Waals surface area contributed by atoms with Crippen molar-refractivity contribution in [2.75, 3.05) is 5.32 Å². The lowest BCUT2D eigenvalue weighted by atomic mass is 10.0. The average Bonchev–Trinajstić information content (AvgIpc) is 3.12. The molecule has 0 saturated carbocycles. The van der Waals surface area contributed by atoms with E-state index in [-0.39, 0.29) is 17.7 Å². The number of hydrogen-bond donors (Lipinski definition) is 3. The quantitative estimate of drug-likeness (QED) is 0.625. The number of amides is 2. The zero-order valence-electron chi connectivity index (χ0n) is 15.6. The third-order valence-corrected chi connectivity index (χ3v) is 4.18. The van der Waals surface area contributed by atoms with Crippen LogP contribution in [0.2, 0.25) is 0 Å². The first-order chi connectivity index (χ1) is 12.9. The molecule has 0 aliphatic rings. The summed E-state index contributed by atoms with van der Waals surface area (Å²) in [6.45, 7) is 5.86. The molecule has 0 radical (unpaired) electrons. The zero-order valence-corrected chi connectivity index (χ0v) is 15.6. The number of aromatic nitrogens is 3. The minimum atomic E-state index is -0.659. The molecule has 0 bridgehead atoms. The predicted octanol–water partition coefficient (Wildman–Crippen LogP) is 3.05. The van der Waals surface area contributed by atoms with Crippen molar-refractivity contribution in [3.8, 4) is 0 Å². The van der Waals surface area contributed by atoms with Gasteiger partial charge in [-0.1, -0.05) is 32.0 Å². The number of aryl methyl sites for hydroxylation is 1. The van der Waals surface area contributed by atoms with E-state index < -0.39 is 6.04 Å². The highest BCUT2D eigenvalue weighted by Crippen LogP contribution is 2.19. The number of nitrogens with one attached hydrogen (secondary N) is 3. The van der Waals surface area contributed by atoms with Gasteiger partial charge in [0.2, 0.25) is 5.91 Å². The van der Waals surface area contributed by atoms with Crippen LogP contribution in [0.5, 0.6) is 0 Å². The fourth-order valence-electron chi connectivity index (χ4n) is 2.98. The molecule has 3 aromatic rings. The average molecular weight is 365 g/mol. The van der Waals surface area contributed by atoms with Crippen LogP contribution in [0.3, 0.4) is 0 Å². The summed E-state index contributed by atoms with van der Waals surface area (Å²) in [4.78, 5) is 30.1. The van der Waals surface area contributed by atoms with Crippen LogP contribution in [0.1, 0.15) is 36.3 Å². The van der Waals surface area contributed by atoms with Crippen LogP contribution in [0.25, 0.3) is 10.9 Å². The zero-order chi connectivity index (χ0) is 19.4. The van der Waals surface area contributed by atoms with Gasteiger partial charge >= 0.3 is 0 Å². The van der Waals surface area contributed by atoms with E-state index in [0.29, 0.717) is 17.8 Å². The molecule has 0 aliphatic heterocycles. The van der Waals surface area contributed by atoms with Gasteiger partial charge in [-0.15, -0.1) is 0 Å². The molecular formula is C20H23N5O2.